The summed E-state index contributed by atoms with van der Waals surface area (Å²) in [6.07, 6.45) is 0.467. The minimum Gasteiger partial charge on any atom is -0.306 e. The second-order valence-electron chi connectivity index (χ2n) is 6.84. The molecule has 0 radical (unpaired) electrons. The monoisotopic (exact) mass is 414 g/mol. The second-order valence-corrected chi connectivity index (χ2v) is 7.28. The molecule has 0 spiro atoms. The molecule has 1 aliphatic heterocycles. The number of aromatic nitrogens is 2. The molecule has 0 saturated carbocycles. The van der Waals surface area contributed by atoms with Crippen molar-refractivity contribution in [3.05, 3.63) is 90.6 Å². The Hall–Kier alpha value is -3.10. The van der Waals surface area contributed by atoms with Crippen LogP contribution >= 0.6 is 11.6 Å². The molecular formula is C20H16ClFN4O3. The van der Waals surface area contributed by atoms with Crippen LogP contribution in [0.4, 0.5) is 10.1 Å². The normalized spacial score (nSPS) is 13.9. The van der Waals surface area contributed by atoms with E-state index in [0.717, 1.165) is 17.7 Å². The molecular weight excluding hydrogens is 399 g/mol. The van der Waals surface area contributed by atoms with Gasteiger partial charge in [0.25, 0.3) is 11.2 Å². The molecule has 0 unspecified atom stereocenters. The van der Waals surface area contributed by atoms with Gasteiger partial charge in [0.2, 0.25) is 0 Å². The Labute approximate surface area is 169 Å². The SMILES string of the molecule is O=c1[nH]c(-c2ccc(Cl)cc2)nc2c1CCN(Cc1cc([N+](=O)[O-])ccc1F)C2. The van der Waals surface area contributed by atoms with E-state index in [1.807, 2.05) is 4.90 Å². The molecule has 0 amide bonds. The van der Waals surface area contributed by atoms with E-state index >= 15 is 0 Å². The van der Waals surface area contributed by atoms with Gasteiger partial charge < -0.3 is 4.98 Å². The molecule has 1 N–H and O–H groups in total. The highest BCUT2D eigenvalue weighted by molar-refractivity contribution is 6.30. The first-order chi connectivity index (χ1) is 13.9. The van der Waals surface area contributed by atoms with Crippen molar-refractivity contribution >= 4 is 17.3 Å². The molecule has 1 aliphatic rings. The summed E-state index contributed by atoms with van der Waals surface area (Å²) >= 11 is 5.91. The molecule has 29 heavy (non-hydrogen) atoms. The van der Waals surface area contributed by atoms with E-state index in [-0.39, 0.29) is 23.4 Å². The quantitative estimate of drug-likeness (QED) is 0.519. The van der Waals surface area contributed by atoms with Crippen molar-refractivity contribution in [2.24, 2.45) is 0 Å². The van der Waals surface area contributed by atoms with E-state index in [1.165, 1.54) is 6.07 Å². The van der Waals surface area contributed by atoms with Crippen molar-refractivity contribution in [2.45, 2.75) is 19.5 Å². The van der Waals surface area contributed by atoms with Crippen LogP contribution in [0.2, 0.25) is 5.02 Å². The molecule has 4 rings (SSSR count). The number of nitrogens with one attached hydrogen (secondary N) is 1. The van der Waals surface area contributed by atoms with Crippen molar-refractivity contribution in [1.82, 2.24) is 14.9 Å². The number of benzene rings is 2. The average Bonchev–Trinajstić information content (AvgIpc) is 2.69. The fourth-order valence-electron chi connectivity index (χ4n) is 3.41. The number of aromatic amines is 1. The minimum atomic E-state index is -0.548. The summed E-state index contributed by atoms with van der Waals surface area (Å²) in [7, 11) is 0. The van der Waals surface area contributed by atoms with Gasteiger partial charge in [0.1, 0.15) is 11.6 Å². The molecule has 148 valence electrons. The lowest BCUT2D eigenvalue weighted by Crippen LogP contribution is -2.35. The van der Waals surface area contributed by atoms with E-state index in [9.17, 15) is 19.3 Å². The fourth-order valence-corrected chi connectivity index (χ4v) is 3.54. The van der Waals surface area contributed by atoms with Crippen molar-refractivity contribution in [3.8, 4) is 11.4 Å². The lowest BCUT2D eigenvalue weighted by atomic mass is 10.0. The number of nitrogens with zero attached hydrogens (tertiary/aromatic N) is 3. The van der Waals surface area contributed by atoms with E-state index in [0.29, 0.717) is 41.6 Å². The van der Waals surface area contributed by atoms with Gasteiger partial charge in [-0.25, -0.2) is 9.37 Å². The Balaban J connectivity index is 1.61. The lowest BCUT2D eigenvalue weighted by Gasteiger charge is -2.27. The number of non-ortho nitro benzene ring substituents is 1. The van der Waals surface area contributed by atoms with Crippen LogP contribution in [0.5, 0.6) is 0 Å². The highest BCUT2D eigenvalue weighted by Crippen LogP contribution is 2.23. The predicted octanol–water partition coefficient (Wildman–Crippen LogP) is 3.70. The largest absolute Gasteiger partial charge is 0.306 e. The average molecular weight is 415 g/mol. The third-order valence-corrected chi connectivity index (χ3v) is 5.16. The first-order valence-corrected chi connectivity index (χ1v) is 9.31. The maximum atomic E-state index is 14.1. The van der Waals surface area contributed by atoms with E-state index in [4.69, 9.17) is 11.6 Å². The standard InChI is InChI=1S/C20H16ClFN4O3/c21-14-3-1-12(2-4-14)19-23-18-11-25(8-7-16(18)20(27)24-19)10-13-9-15(26(28)29)5-6-17(13)22/h1-6,9H,7-8,10-11H2,(H,23,24,27). The predicted molar refractivity (Wildman–Crippen MR) is 106 cm³/mol. The highest BCUT2D eigenvalue weighted by atomic mass is 35.5. The third-order valence-electron chi connectivity index (χ3n) is 4.90. The van der Waals surface area contributed by atoms with Crippen LogP contribution in [-0.2, 0) is 19.5 Å². The molecule has 7 nitrogen and oxygen atoms in total. The smallest absolute Gasteiger partial charge is 0.269 e. The number of H-pyrrole nitrogens is 1. The Morgan fingerprint density at radius 1 is 1.24 bits per heavy atom. The Morgan fingerprint density at radius 3 is 2.72 bits per heavy atom. The zero-order valence-corrected chi connectivity index (χ0v) is 15.9. The second kappa shape index (κ2) is 7.73. The molecule has 0 aliphatic carbocycles. The number of rotatable bonds is 4. The van der Waals surface area contributed by atoms with E-state index in [1.54, 1.807) is 24.3 Å². The van der Waals surface area contributed by atoms with Gasteiger partial charge in [-0.3, -0.25) is 19.8 Å². The lowest BCUT2D eigenvalue weighted by molar-refractivity contribution is -0.385. The van der Waals surface area contributed by atoms with Crippen LogP contribution in [0.15, 0.2) is 47.3 Å². The van der Waals surface area contributed by atoms with Gasteiger partial charge in [0.15, 0.2) is 0 Å². The van der Waals surface area contributed by atoms with Gasteiger partial charge in [0.05, 0.1) is 10.6 Å². The molecule has 2 aromatic carbocycles. The first-order valence-electron chi connectivity index (χ1n) is 8.94. The van der Waals surface area contributed by atoms with Crippen LogP contribution in [0, 0.1) is 15.9 Å². The summed E-state index contributed by atoms with van der Waals surface area (Å²) in [4.78, 5) is 32.2. The summed E-state index contributed by atoms with van der Waals surface area (Å²) in [5.41, 5.74) is 1.86. The summed E-state index contributed by atoms with van der Waals surface area (Å²) in [5, 5.41) is 11.5. The summed E-state index contributed by atoms with van der Waals surface area (Å²) in [6, 6.07) is 10.5. The molecule has 0 saturated heterocycles. The van der Waals surface area contributed by atoms with Gasteiger partial charge in [0, 0.05) is 53.5 Å². The number of halogens is 2. The van der Waals surface area contributed by atoms with Crippen molar-refractivity contribution in [2.75, 3.05) is 6.54 Å². The van der Waals surface area contributed by atoms with Crippen molar-refractivity contribution in [1.29, 1.82) is 0 Å². The number of fused-ring (bicyclic) bond motifs is 1. The number of nitro benzene ring substituents is 1. The van der Waals surface area contributed by atoms with Crippen LogP contribution < -0.4 is 5.56 Å². The van der Waals surface area contributed by atoms with Crippen LogP contribution in [0.3, 0.4) is 0 Å². The number of nitro groups is 1. The van der Waals surface area contributed by atoms with Gasteiger partial charge in [-0.05, 0) is 36.8 Å². The first kappa shape index (κ1) is 19.2. The molecule has 3 aromatic rings. The van der Waals surface area contributed by atoms with Gasteiger partial charge in [-0.15, -0.1) is 0 Å². The number of hydrogen-bond donors (Lipinski definition) is 1. The summed E-state index contributed by atoms with van der Waals surface area (Å²) < 4.78 is 14.1. The Morgan fingerprint density at radius 2 is 2.00 bits per heavy atom. The fraction of sp³-hybridized carbons (Fsp3) is 0.200. The topological polar surface area (TPSA) is 92.1 Å². The zero-order valence-electron chi connectivity index (χ0n) is 15.2. The van der Waals surface area contributed by atoms with Gasteiger partial charge in [-0.1, -0.05) is 11.6 Å². The minimum absolute atomic E-state index is 0.154. The van der Waals surface area contributed by atoms with E-state index in [2.05, 4.69) is 9.97 Å². The number of hydrogen-bond acceptors (Lipinski definition) is 5. The molecule has 0 bridgehead atoms. The molecule has 2 heterocycles. The maximum absolute atomic E-state index is 14.1. The Kier molecular flexibility index (Phi) is 5.12. The highest BCUT2D eigenvalue weighted by Gasteiger charge is 2.23. The zero-order chi connectivity index (χ0) is 20.5. The molecule has 0 atom stereocenters. The van der Waals surface area contributed by atoms with Crippen LogP contribution in [-0.4, -0.2) is 26.3 Å². The maximum Gasteiger partial charge on any atom is 0.269 e. The van der Waals surface area contributed by atoms with Crippen molar-refractivity contribution in [3.63, 3.8) is 0 Å². The van der Waals surface area contributed by atoms with Gasteiger partial charge in [-0.2, -0.15) is 0 Å². The van der Waals surface area contributed by atoms with Crippen LogP contribution in [0.1, 0.15) is 16.8 Å². The van der Waals surface area contributed by atoms with E-state index < -0.39 is 10.7 Å². The molecule has 0 fully saturated rings. The molecule has 1 aromatic heterocycles. The van der Waals surface area contributed by atoms with Crippen molar-refractivity contribution < 1.29 is 9.31 Å². The molecule has 9 heteroatoms. The third kappa shape index (κ3) is 4.03. The summed E-state index contributed by atoms with van der Waals surface area (Å²) in [5.74, 6) is -0.0593. The summed E-state index contributed by atoms with van der Waals surface area (Å²) in [6.45, 7) is 1.07. The van der Waals surface area contributed by atoms with Crippen LogP contribution in [0.25, 0.3) is 11.4 Å². The Bertz CT molecular complexity index is 1150. The van der Waals surface area contributed by atoms with Gasteiger partial charge >= 0.3 is 0 Å².